The average Bonchev–Trinajstić information content (AvgIpc) is 3.15. The molecule has 1 N–H and O–H groups in total. The van der Waals surface area contributed by atoms with Crippen LogP contribution < -0.4 is 0 Å². The Balaban J connectivity index is 4.37. The molecule has 0 aromatic rings. The summed E-state index contributed by atoms with van der Waals surface area (Å²) in [6, 6.07) is 0. The molecule has 0 spiro atoms. The van der Waals surface area contributed by atoms with Crippen molar-refractivity contribution in [2.24, 2.45) is 0 Å². The quantitative estimate of drug-likeness (QED) is 0.0214. The normalized spacial score (nSPS) is 13.9. The van der Waals surface area contributed by atoms with Crippen LogP contribution in [0.4, 0.5) is 0 Å². The maximum Gasteiger partial charge on any atom is 0.472 e. The molecule has 0 heterocycles. The second-order valence-electron chi connectivity index (χ2n) is 16.4. The lowest BCUT2D eigenvalue weighted by Crippen LogP contribution is -2.37. The SMILES string of the molecule is CCCCC/C=C/C/C=C/CCCCCCCCCC(=O)O[C@H](COC(=O)CCCCCCC/C=C/CCCCCCCC)COP(=O)(O)OCC[N+](C)(C)C. The van der Waals surface area contributed by atoms with Crippen molar-refractivity contribution in [3.8, 4) is 0 Å². The summed E-state index contributed by atoms with van der Waals surface area (Å²) in [7, 11) is 1.47. The van der Waals surface area contributed by atoms with Crippen LogP contribution in [0.25, 0.3) is 0 Å². The Kier molecular flexibility index (Phi) is 37.5. The lowest BCUT2D eigenvalue weighted by molar-refractivity contribution is -0.870. The molecule has 0 fully saturated rings. The van der Waals surface area contributed by atoms with Crippen molar-refractivity contribution in [2.45, 2.75) is 200 Å². The van der Waals surface area contributed by atoms with Crippen LogP contribution in [0.1, 0.15) is 194 Å². The number of quaternary nitrogens is 1. The summed E-state index contributed by atoms with van der Waals surface area (Å²) in [5.41, 5.74) is 0. The fraction of sp³-hybridized carbons (Fsp3) is 0.826. The number of likely N-dealkylation sites (N-methyl/N-ethyl adjacent to an activating group) is 1. The summed E-state index contributed by atoms with van der Waals surface area (Å²) in [6.07, 6.45) is 43.2. The Morgan fingerprint density at radius 2 is 0.964 bits per heavy atom. The van der Waals surface area contributed by atoms with Crippen LogP contribution in [0.2, 0.25) is 0 Å². The number of unbranched alkanes of at least 4 members (excludes halogenated alkanes) is 21. The zero-order valence-corrected chi connectivity index (χ0v) is 37.8. The first-order valence-corrected chi connectivity index (χ1v) is 24.2. The molecular formula is C46H87NO8P+. The van der Waals surface area contributed by atoms with E-state index in [1.165, 1.54) is 89.9 Å². The maximum atomic E-state index is 12.7. The molecule has 56 heavy (non-hydrogen) atoms. The van der Waals surface area contributed by atoms with Crippen molar-refractivity contribution in [1.82, 2.24) is 0 Å². The summed E-state index contributed by atoms with van der Waals surface area (Å²) in [5, 5.41) is 0. The van der Waals surface area contributed by atoms with Gasteiger partial charge in [-0.2, -0.15) is 0 Å². The fourth-order valence-electron chi connectivity index (χ4n) is 6.04. The van der Waals surface area contributed by atoms with Gasteiger partial charge in [0.15, 0.2) is 6.10 Å². The van der Waals surface area contributed by atoms with Crippen LogP contribution in [0, 0.1) is 0 Å². The molecule has 0 amide bonds. The van der Waals surface area contributed by atoms with Crippen LogP contribution in [-0.4, -0.2) is 74.9 Å². The van der Waals surface area contributed by atoms with Gasteiger partial charge in [0.25, 0.3) is 0 Å². The van der Waals surface area contributed by atoms with E-state index in [1.807, 2.05) is 21.1 Å². The lowest BCUT2D eigenvalue weighted by atomic mass is 10.1. The van der Waals surface area contributed by atoms with Gasteiger partial charge < -0.3 is 18.9 Å². The molecular weight excluding hydrogens is 725 g/mol. The third-order valence-corrected chi connectivity index (χ3v) is 10.6. The molecule has 0 saturated heterocycles. The molecule has 0 bridgehead atoms. The molecule has 10 heteroatoms. The number of nitrogens with zero attached hydrogens (tertiary/aromatic N) is 1. The molecule has 0 aromatic heterocycles. The highest BCUT2D eigenvalue weighted by Gasteiger charge is 2.27. The summed E-state index contributed by atoms with van der Waals surface area (Å²) in [4.78, 5) is 35.4. The zero-order valence-electron chi connectivity index (χ0n) is 36.9. The highest BCUT2D eigenvalue weighted by molar-refractivity contribution is 7.47. The highest BCUT2D eigenvalue weighted by atomic mass is 31.2. The number of phosphoric acid groups is 1. The average molecular weight is 813 g/mol. The minimum atomic E-state index is -4.38. The van der Waals surface area contributed by atoms with Crippen LogP contribution in [-0.2, 0) is 32.7 Å². The molecule has 0 rings (SSSR count). The summed E-state index contributed by atoms with van der Waals surface area (Å²) in [5.74, 6) is -0.815. The minimum absolute atomic E-state index is 0.0286. The minimum Gasteiger partial charge on any atom is -0.462 e. The van der Waals surface area contributed by atoms with E-state index in [2.05, 4.69) is 50.3 Å². The number of carbonyl (C=O) groups excluding carboxylic acids is 2. The van der Waals surface area contributed by atoms with E-state index >= 15 is 0 Å². The van der Waals surface area contributed by atoms with E-state index in [4.69, 9.17) is 18.5 Å². The van der Waals surface area contributed by atoms with Gasteiger partial charge in [0.1, 0.15) is 19.8 Å². The Hall–Kier alpha value is -1.77. The summed E-state index contributed by atoms with van der Waals surface area (Å²) < 4.78 is 34.3. The molecule has 2 atom stereocenters. The van der Waals surface area contributed by atoms with E-state index in [9.17, 15) is 19.0 Å². The zero-order chi connectivity index (χ0) is 41.4. The standard InChI is InChI=1S/C46H86NO8P/c1-6-8-10-12-14-16-18-20-22-23-25-27-29-31-33-35-37-39-46(49)55-44(43-54-56(50,51)53-41-40-47(3,4)5)42-52-45(48)38-36-34-32-30-28-26-24-21-19-17-15-13-11-9-7-2/h14,16,20-22,24,44H,6-13,15,17-19,23,25-43H2,1-5H3/p+1/b16-14+,22-20+,24-21+/t44-/m1/s1. The second kappa shape index (κ2) is 38.7. The van der Waals surface area contributed by atoms with Crippen molar-refractivity contribution < 1.29 is 42.1 Å². The van der Waals surface area contributed by atoms with Gasteiger partial charge in [-0.3, -0.25) is 18.6 Å². The maximum absolute atomic E-state index is 12.7. The predicted molar refractivity (Wildman–Crippen MR) is 234 cm³/mol. The van der Waals surface area contributed by atoms with Crippen molar-refractivity contribution in [3.63, 3.8) is 0 Å². The number of rotatable bonds is 41. The molecule has 0 aliphatic rings. The Morgan fingerprint density at radius 3 is 1.46 bits per heavy atom. The van der Waals surface area contributed by atoms with E-state index < -0.39 is 26.5 Å². The van der Waals surface area contributed by atoms with Gasteiger partial charge in [0, 0.05) is 12.8 Å². The van der Waals surface area contributed by atoms with Gasteiger partial charge in [-0.05, 0) is 70.6 Å². The second-order valence-corrected chi connectivity index (χ2v) is 17.9. The van der Waals surface area contributed by atoms with Gasteiger partial charge >= 0.3 is 19.8 Å². The molecule has 1 unspecified atom stereocenters. The van der Waals surface area contributed by atoms with E-state index in [1.54, 1.807) is 0 Å². The van der Waals surface area contributed by atoms with Crippen LogP contribution >= 0.6 is 7.82 Å². The Morgan fingerprint density at radius 1 is 0.554 bits per heavy atom. The highest BCUT2D eigenvalue weighted by Crippen LogP contribution is 2.43. The Bertz CT molecular complexity index is 1050. The molecule has 0 aliphatic carbocycles. The number of phosphoric ester groups is 1. The van der Waals surface area contributed by atoms with Crippen molar-refractivity contribution in [3.05, 3.63) is 36.5 Å². The molecule has 9 nitrogen and oxygen atoms in total. The smallest absolute Gasteiger partial charge is 0.462 e. The third-order valence-electron chi connectivity index (χ3n) is 9.64. The first kappa shape index (κ1) is 54.2. The lowest BCUT2D eigenvalue weighted by Gasteiger charge is -2.24. The fourth-order valence-corrected chi connectivity index (χ4v) is 6.78. The molecule has 0 radical (unpaired) electrons. The van der Waals surface area contributed by atoms with Gasteiger partial charge in [0.05, 0.1) is 27.7 Å². The predicted octanol–water partition coefficient (Wildman–Crippen LogP) is 12.9. The van der Waals surface area contributed by atoms with Crippen molar-refractivity contribution >= 4 is 19.8 Å². The molecule has 0 saturated carbocycles. The van der Waals surface area contributed by atoms with E-state index in [0.29, 0.717) is 17.4 Å². The number of carbonyl (C=O) groups is 2. The first-order chi connectivity index (χ1) is 27.0. The van der Waals surface area contributed by atoms with Gasteiger partial charge in [-0.1, -0.05) is 147 Å². The number of allylic oxidation sites excluding steroid dienone is 6. The van der Waals surface area contributed by atoms with Crippen LogP contribution in [0.3, 0.4) is 0 Å². The van der Waals surface area contributed by atoms with E-state index in [0.717, 1.165) is 70.6 Å². The van der Waals surface area contributed by atoms with Crippen molar-refractivity contribution in [1.29, 1.82) is 0 Å². The monoisotopic (exact) mass is 813 g/mol. The van der Waals surface area contributed by atoms with Crippen LogP contribution in [0.15, 0.2) is 36.5 Å². The third kappa shape index (κ3) is 41.9. The van der Waals surface area contributed by atoms with E-state index in [-0.39, 0.29) is 32.0 Å². The van der Waals surface area contributed by atoms with Crippen LogP contribution in [0.5, 0.6) is 0 Å². The van der Waals surface area contributed by atoms with Crippen molar-refractivity contribution in [2.75, 3.05) is 47.5 Å². The molecule has 0 aromatic carbocycles. The largest absolute Gasteiger partial charge is 0.472 e. The topological polar surface area (TPSA) is 108 Å². The summed E-state index contributed by atoms with van der Waals surface area (Å²) >= 11 is 0. The van der Waals surface area contributed by atoms with Gasteiger partial charge in [-0.15, -0.1) is 0 Å². The number of esters is 2. The molecule has 0 aliphatic heterocycles. The summed E-state index contributed by atoms with van der Waals surface area (Å²) in [6.45, 7) is 4.38. The Labute approximate surface area is 344 Å². The first-order valence-electron chi connectivity index (χ1n) is 22.7. The molecule has 328 valence electrons. The number of ether oxygens (including phenoxy) is 2. The number of hydrogen-bond donors (Lipinski definition) is 1. The van der Waals surface area contributed by atoms with Gasteiger partial charge in [0.2, 0.25) is 0 Å². The van der Waals surface area contributed by atoms with Gasteiger partial charge in [-0.25, -0.2) is 4.57 Å². The number of hydrogen-bond acceptors (Lipinski definition) is 7.